The van der Waals surface area contributed by atoms with E-state index in [4.69, 9.17) is 17.3 Å². The summed E-state index contributed by atoms with van der Waals surface area (Å²) in [5, 5.41) is 0.540. The average molecular weight is 249 g/mol. The molecular weight excluding hydrogens is 241 g/mol. The van der Waals surface area contributed by atoms with E-state index >= 15 is 0 Å². The summed E-state index contributed by atoms with van der Waals surface area (Å²) in [6.07, 6.45) is 0. The molecule has 1 unspecified atom stereocenters. The van der Waals surface area contributed by atoms with Crippen molar-refractivity contribution in [3.63, 3.8) is 0 Å². The number of nitrogens with two attached hydrogens (primary N) is 1. The van der Waals surface area contributed by atoms with E-state index in [-0.39, 0.29) is 0 Å². The third kappa shape index (κ3) is 1.99. The highest BCUT2D eigenvalue weighted by atomic mass is 79.9. The van der Waals surface area contributed by atoms with Crippen molar-refractivity contribution in [3.05, 3.63) is 34.9 Å². The smallest absolute Gasteiger partial charge is 0.235 e. The van der Waals surface area contributed by atoms with Gasteiger partial charge in [0.15, 0.2) is 0 Å². The molecule has 0 fully saturated rings. The minimum Gasteiger partial charge on any atom is -0.368 e. The Morgan fingerprint density at radius 3 is 2.58 bits per heavy atom. The van der Waals surface area contributed by atoms with Gasteiger partial charge < -0.3 is 5.73 Å². The number of carbonyl (C=O) groups excluding carboxylic acids is 1. The third-order valence-electron chi connectivity index (χ3n) is 1.43. The summed E-state index contributed by atoms with van der Waals surface area (Å²) in [5.41, 5.74) is 5.79. The molecule has 1 aromatic rings. The zero-order chi connectivity index (χ0) is 9.14. The van der Waals surface area contributed by atoms with Crippen molar-refractivity contribution in [1.82, 2.24) is 0 Å². The van der Waals surface area contributed by atoms with Crippen molar-refractivity contribution in [2.24, 2.45) is 5.73 Å². The molecule has 2 nitrogen and oxygen atoms in total. The molecule has 0 saturated carbocycles. The molecule has 1 rings (SSSR count). The first-order valence-corrected chi connectivity index (χ1v) is 4.60. The first-order chi connectivity index (χ1) is 5.63. The van der Waals surface area contributed by atoms with Crippen LogP contribution in [0.2, 0.25) is 5.02 Å². The van der Waals surface area contributed by atoms with E-state index < -0.39 is 10.7 Å². The Balaban J connectivity index is 3.02. The molecule has 1 atom stereocenters. The minimum absolute atomic E-state index is 0.442. The highest BCUT2D eigenvalue weighted by Gasteiger charge is 2.15. The number of primary amides is 1. The largest absolute Gasteiger partial charge is 0.368 e. The molecule has 0 aliphatic carbocycles. The predicted molar refractivity (Wildman–Crippen MR) is 52.3 cm³/mol. The van der Waals surface area contributed by atoms with Crippen molar-refractivity contribution < 1.29 is 4.79 Å². The molecule has 0 aliphatic heterocycles. The number of benzene rings is 1. The fourth-order valence-electron chi connectivity index (χ4n) is 0.834. The van der Waals surface area contributed by atoms with Gasteiger partial charge in [-0.15, -0.1) is 0 Å². The number of amides is 1. The van der Waals surface area contributed by atoms with E-state index in [1.165, 1.54) is 0 Å². The van der Waals surface area contributed by atoms with Crippen LogP contribution in [0.1, 0.15) is 10.4 Å². The van der Waals surface area contributed by atoms with Gasteiger partial charge in [0.1, 0.15) is 4.83 Å². The van der Waals surface area contributed by atoms with Crippen LogP contribution in [-0.2, 0) is 4.79 Å². The summed E-state index contributed by atoms with van der Waals surface area (Å²) < 4.78 is 0. The van der Waals surface area contributed by atoms with Crippen molar-refractivity contribution in [3.8, 4) is 0 Å². The van der Waals surface area contributed by atoms with Gasteiger partial charge in [0.05, 0.1) is 0 Å². The number of rotatable bonds is 2. The molecular formula is C8H7BrClNO. The van der Waals surface area contributed by atoms with Crippen LogP contribution in [0.4, 0.5) is 0 Å². The number of carbonyl (C=O) groups is 1. The Bertz CT molecular complexity index is 303. The van der Waals surface area contributed by atoms with E-state index in [9.17, 15) is 4.79 Å². The van der Waals surface area contributed by atoms with Crippen LogP contribution < -0.4 is 5.73 Å². The Kier molecular flexibility index (Phi) is 3.12. The van der Waals surface area contributed by atoms with Gasteiger partial charge in [0.25, 0.3) is 0 Å². The van der Waals surface area contributed by atoms with Crippen LogP contribution in [0, 0.1) is 0 Å². The van der Waals surface area contributed by atoms with E-state index in [1.54, 1.807) is 24.3 Å². The summed E-state index contributed by atoms with van der Waals surface area (Å²) >= 11 is 8.97. The van der Waals surface area contributed by atoms with E-state index in [2.05, 4.69) is 15.9 Å². The van der Waals surface area contributed by atoms with Gasteiger partial charge in [-0.3, -0.25) is 4.79 Å². The maximum absolute atomic E-state index is 10.8. The van der Waals surface area contributed by atoms with Crippen molar-refractivity contribution in [2.75, 3.05) is 0 Å². The van der Waals surface area contributed by atoms with Gasteiger partial charge in [-0.2, -0.15) is 0 Å². The number of halogens is 2. The van der Waals surface area contributed by atoms with Gasteiger partial charge >= 0.3 is 0 Å². The first kappa shape index (κ1) is 9.55. The monoisotopic (exact) mass is 247 g/mol. The molecule has 2 N–H and O–H groups in total. The van der Waals surface area contributed by atoms with Gasteiger partial charge in [0, 0.05) is 5.02 Å². The molecule has 4 heteroatoms. The number of hydrogen-bond donors (Lipinski definition) is 1. The first-order valence-electron chi connectivity index (χ1n) is 3.30. The van der Waals surface area contributed by atoms with Crippen LogP contribution >= 0.6 is 27.5 Å². The van der Waals surface area contributed by atoms with Crippen LogP contribution in [-0.4, -0.2) is 5.91 Å². The van der Waals surface area contributed by atoms with E-state index in [0.717, 1.165) is 0 Å². The van der Waals surface area contributed by atoms with Gasteiger partial charge in [-0.25, -0.2) is 0 Å². The van der Waals surface area contributed by atoms with Crippen LogP contribution in [0.25, 0.3) is 0 Å². The normalized spacial score (nSPS) is 12.5. The second kappa shape index (κ2) is 3.92. The van der Waals surface area contributed by atoms with E-state index in [1.807, 2.05) is 0 Å². The Morgan fingerprint density at radius 1 is 1.50 bits per heavy atom. The molecule has 0 saturated heterocycles. The quantitative estimate of drug-likeness (QED) is 0.802. The molecule has 0 aromatic heterocycles. The van der Waals surface area contributed by atoms with Crippen LogP contribution in [0.15, 0.2) is 24.3 Å². The minimum atomic E-state index is -0.508. The molecule has 1 aromatic carbocycles. The Hall–Kier alpha value is -0.540. The lowest BCUT2D eigenvalue weighted by Crippen LogP contribution is -2.16. The molecule has 64 valence electrons. The maximum atomic E-state index is 10.8. The molecule has 0 spiro atoms. The summed E-state index contributed by atoms with van der Waals surface area (Å²) in [5.74, 6) is -0.442. The average Bonchev–Trinajstić information content (AvgIpc) is 2.04. The molecule has 1 amide bonds. The van der Waals surface area contributed by atoms with Crippen molar-refractivity contribution in [1.29, 1.82) is 0 Å². The van der Waals surface area contributed by atoms with Crippen LogP contribution in [0.5, 0.6) is 0 Å². The highest BCUT2D eigenvalue weighted by Crippen LogP contribution is 2.28. The lowest BCUT2D eigenvalue weighted by atomic mass is 10.1. The zero-order valence-corrected chi connectivity index (χ0v) is 8.47. The SMILES string of the molecule is NC(=O)C(Br)c1ccccc1Cl. The number of alkyl halides is 1. The molecule has 0 heterocycles. The van der Waals surface area contributed by atoms with E-state index in [0.29, 0.717) is 10.6 Å². The van der Waals surface area contributed by atoms with Gasteiger partial charge in [-0.1, -0.05) is 45.7 Å². The topological polar surface area (TPSA) is 43.1 Å². The van der Waals surface area contributed by atoms with Crippen LogP contribution in [0.3, 0.4) is 0 Å². The Labute approximate surface area is 83.8 Å². The molecule has 0 bridgehead atoms. The molecule has 12 heavy (non-hydrogen) atoms. The lowest BCUT2D eigenvalue weighted by molar-refractivity contribution is -0.117. The zero-order valence-electron chi connectivity index (χ0n) is 6.13. The second-order valence-electron chi connectivity index (χ2n) is 2.29. The highest BCUT2D eigenvalue weighted by molar-refractivity contribution is 9.09. The summed E-state index contributed by atoms with van der Waals surface area (Å²) in [6, 6.07) is 7.07. The summed E-state index contributed by atoms with van der Waals surface area (Å²) in [7, 11) is 0. The maximum Gasteiger partial charge on any atom is 0.235 e. The van der Waals surface area contributed by atoms with Crippen molar-refractivity contribution >= 4 is 33.4 Å². The molecule has 0 radical (unpaired) electrons. The van der Waals surface area contributed by atoms with Gasteiger partial charge in [0.2, 0.25) is 5.91 Å². The fourth-order valence-corrected chi connectivity index (χ4v) is 1.61. The molecule has 0 aliphatic rings. The summed E-state index contributed by atoms with van der Waals surface area (Å²) in [4.78, 5) is 10.3. The predicted octanol–water partition coefficient (Wildman–Crippen LogP) is 2.26. The van der Waals surface area contributed by atoms with Crippen molar-refractivity contribution in [2.45, 2.75) is 4.83 Å². The third-order valence-corrected chi connectivity index (χ3v) is 2.72. The Morgan fingerprint density at radius 2 is 2.08 bits per heavy atom. The number of hydrogen-bond acceptors (Lipinski definition) is 1. The fraction of sp³-hybridized carbons (Fsp3) is 0.125. The van der Waals surface area contributed by atoms with Gasteiger partial charge in [-0.05, 0) is 11.6 Å². The lowest BCUT2D eigenvalue weighted by Gasteiger charge is -2.06. The second-order valence-corrected chi connectivity index (χ2v) is 3.61. The standard InChI is InChI=1S/C8H7BrClNO/c9-7(8(11)12)5-3-1-2-4-6(5)10/h1-4,7H,(H2,11,12). The summed E-state index contributed by atoms with van der Waals surface area (Å²) in [6.45, 7) is 0.